The minimum atomic E-state index is -0.323. The van der Waals surface area contributed by atoms with Crippen molar-refractivity contribution in [1.29, 1.82) is 0 Å². The van der Waals surface area contributed by atoms with Crippen LogP contribution in [0.5, 0.6) is 0 Å². The van der Waals surface area contributed by atoms with Gasteiger partial charge in [0.2, 0.25) is 5.91 Å². The number of fused-ring (bicyclic) bond motifs is 1. The molecule has 0 unspecified atom stereocenters. The molecule has 1 aliphatic rings. The average Bonchev–Trinajstić information content (AvgIpc) is 2.71. The predicted molar refractivity (Wildman–Crippen MR) is 109 cm³/mol. The number of carbonyl (C=O) groups excluding carboxylic acids is 1. The van der Waals surface area contributed by atoms with Crippen molar-refractivity contribution >= 4 is 39.8 Å². The molecule has 0 aliphatic carbocycles. The summed E-state index contributed by atoms with van der Waals surface area (Å²) in [5.74, 6) is -0.323. The third-order valence-corrected chi connectivity index (χ3v) is 4.87. The molecular formula is C20H19ClN4O3. The zero-order chi connectivity index (χ0) is 19.5. The molecule has 28 heavy (non-hydrogen) atoms. The van der Waals surface area contributed by atoms with E-state index in [1.54, 1.807) is 30.3 Å². The smallest absolute Gasteiger partial charge is 0.261 e. The van der Waals surface area contributed by atoms with Gasteiger partial charge in [-0.15, -0.1) is 0 Å². The highest BCUT2D eigenvalue weighted by atomic mass is 35.5. The zero-order valence-electron chi connectivity index (χ0n) is 15.1. The lowest BCUT2D eigenvalue weighted by atomic mass is 10.2. The molecule has 2 aromatic carbocycles. The number of hydrogen-bond acceptors (Lipinski definition) is 5. The molecule has 2 heterocycles. The van der Waals surface area contributed by atoms with Crippen LogP contribution in [0.4, 0.5) is 11.4 Å². The van der Waals surface area contributed by atoms with Crippen LogP contribution in [-0.2, 0) is 16.1 Å². The number of nitrogens with one attached hydrogen (secondary N) is 1. The number of hydrogen-bond donors (Lipinski definition) is 1. The van der Waals surface area contributed by atoms with Gasteiger partial charge in [-0.25, -0.2) is 4.98 Å². The van der Waals surface area contributed by atoms with E-state index in [0.29, 0.717) is 34.8 Å². The summed E-state index contributed by atoms with van der Waals surface area (Å²) < 4.78 is 6.70. The van der Waals surface area contributed by atoms with Gasteiger partial charge in [-0.05, 0) is 30.3 Å². The Morgan fingerprint density at radius 3 is 2.79 bits per heavy atom. The van der Waals surface area contributed by atoms with E-state index in [-0.39, 0.29) is 18.0 Å². The molecule has 0 atom stereocenters. The maximum Gasteiger partial charge on any atom is 0.261 e. The Hall–Kier alpha value is -2.90. The highest BCUT2D eigenvalue weighted by molar-refractivity contribution is 6.31. The number of nitrogens with zero attached hydrogens (tertiary/aromatic N) is 3. The summed E-state index contributed by atoms with van der Waals surface area (Å²) in [5, 5.41) is 3.88. The average molecular weight is 399 g/mol. The summed E-state index contributed by atoms with van der Waals surface area (Å²) in [6.07, 6.45) is 1.39. The van der Waals surface area contributed by atoms with Gasteiger partial charge in [0, 0.05) is 18.1 Å². The topological polar surface area (TPSA) is 76.5 Å². The van der Waals surface area contributed by atoms with Crippen LogP contribution < -0.4 is 15.8 Å². The standard InChI is InChI=1S/C20H19ClN4O3/c21-14-5-6-18(24-7-9-28-10-8-24)17(11-14)23-19(26)12-25-13-22-16-4-2-1-3-15(16)20(25)27/h1-6,11,13H,7-10,12H2,(H,23,26). The van der Waals surface area contributed by atoms with E-state index in [4.69, 9.17) is 16.3 Å². The van der Waals surface area contributed by atoms with Gasteiger partial charge in [0.15, 0.2) is 0 Å². The molecule has 1 aromatic heterocycles. The zero-order valence-corrected chi connectivity index (χ0v) is 15.9. The van der Waals surface area contributed by atoms with Crippen molar-refractivity contribution in [3.05, 3.63) is 64.2 Å². The van der Waals surface area contributed by atoms with E-state index in [1.165, 1.54) is 10.9 Å². The van der Waals surface area contributed by atoms with Crippen LogP contribution in [0.2, 0.25) is 5.02 Å². The van der Waals surface area contributed by atoms with E-state index in [9.17, 15) is 9.59 Å². The lowest BCUT2D eigenvalue weighted by molar-refractivity contribution is -0.116. The fourth-order valence-corrected chi connectivity index (χ4v) is 3.42. The first-order chi connectivity index (χ1) is 13.6. The molecule has 4 rings (SSSR count). The van der Waals surface area contributed by atoms with Crippen molar-refractivity contribution in [2.75, 3.05) is 36.5 Å². The quantitative estimate of drug-likeness (QED) is 0.730. The highest BCUT2D eigenvalue weighted by Gasteiger charge is 2.17. The molecule has 144 valence electrons. The van der Waals surface area contributed by atoms with Gasteiger partial charge in [-0.2, -0.15) is 0 Å². The molecule has 0 radical (unpaired) electrons. The first kappa shape index (κ1) is 18.5. The number of carbonyl (C=O) groups is 1. The Kier molecular flexibility index (Phi) is 5.27. The number of halogens is 1. The summed E-state index contributed by atoms with van der Waals surface area (Å²) in [6, 6.07) is 12.4. The summed E-state index contributed by atoms with van der Waals surface area (Å²) in [4.78, 5) is 31.6. The first-order valence-corrected chi connectivity index (χ1v) is 9.36. The van der Waals surface area contributed by atoms with Crippen LogP contribution in [0.3, 0.4) is 0 Å². The maximum absolute atomic E-state index is 12.6. The molecule has 0 saturated carbocycles. The van der Waals surface area contributed by atoms with Crippen molar-refractivity contribution in [3.8, 4) is 0 Å². The second-order valence-electron chi connectivity index (χ2n) is 6.50. The van der Waals surface area contributed by atoms with Gasteiger partial charge >= 0.3 is 0 Å². The van der Waals surface area contributed by atoms with Crippen LogP contribution in [0.1, 0.15) is 0 Å². The second-order valence-corrected chi connectivity index (χ2v) is 6.94. The predicted octanol–water partition coefficient (Wildman–Crippen LogP) is 2.53. The number of anilines is 2. The fraction of sp³-hybridized carbons (Fsp3) is 0.250. The highest BCUT2D eigenvalue weighted by Crippen LogP contribution is 2.29. The molecule has 1 N–H and O–H groups in total. The number of amides is 1. The van der Waals surface area contributed by atoms with E-state index in [0.717, 1.165) is 18.8 Å². The number of ether oxygens (including phenoxy) is 1. The van der Waals surface area contributed by atoms with Crippen LogP contribution in [0.25, 0.3) is 10.9 Å². The SMILES string of the molecule is O=C(Cn1cnc2ccccc2c1=O)Nc1cc(Cl)ccc1N1CCOCC1. The number of aromatic nitrogens is 2. The van der Waals surface area contributed by atoms with Crippen LogP contribution in [0.15, 0.2) is 53.6 Å². The van der Waals surface area contributed by atoms with Gasteiger partial charge in [0.25, 0.3) is 5.56 Å². The largest absolute Gasteiger partial charge is 0.378 e. The molecule has 0 bridgehead atoms. The van der Waals surface area contributed by atoms with Crippen molar-refractivity contribution in [2.45, 2.75) is 6.54 Å². The van der Waals surface area contributed by atoms with Gasteiger partial charge < -0.3 is 15.0 Å². The Morgan fingerprint density at radius 1 is 1.18 bits per heavy atom. The molecule has 3 aromatic rings. The van der Waals surface area contributed by atoms with Crippen LogP contribution >= 0.6 is 11.6 Å². The number of para-hydroxylation sites is 1. The molecule has 1 amide bonds. The number of benzene rings is 2. The maximum atomic E-state index is 12.6. The third-order valence-electron chi connectivity index (χ3n) is 4.63. The molecule has 1 aliphatic heterocycles. The normalized spacial score (nSPS) is 14.2. The summed E-state index contributed by atoms with van der Waals surface area (Å²) >= 11 is 6.13. The van der Waals surface area contributed by atoms with Crippen molar-refractivity contribution in [1.82, 2.24) is 9.55 Å². The molecule has 0 spiro atoms. The Bertz CT molecular complexity index is 1080. The Labute approximate surface area is 166 Å². The summed E-state index contributed by atoms with van der Waals surface area (Å²) in [6.45, 7) is 2.60. The van der Waals surface area contributed by atoms with Gasteiger partial charge in [-0.1, -0.05) is 23.7 Å². The van der Waals surface area contributed by atoms with E-state index >= 15 is 0 Å². The first-order valence-electron chi connectivity index (χ1n) is 8.98. The lowest BCUT2D eigenvalue weighted by Gasteiger charge is -2.30. The van der Waals surface area contributed by atoms with Crippen LogP contribution in [-0.4, -0.2) is 41.8 Å². The third kappa shape index (κ3) is 3.85. The van der Waals surface area contributed by atoms with Gasteiger partial charge in [0.05, 0.1) is 41.8 Å². The molecule has 7 nitrogen and oxygen atoms in total. The van der Waals surface area contributed by atoms with Gasteiger partial charge in [-0.3, -0.25) is 14.2 Å². The molecular weight excluding hydrogens is 380 g/mol. The van der Waals surface area contributed by atoms with Crippen molar-refractivity contribution in [3.63, 3.8) is 0 Å². The number of morpholine rings is 1. The van der Waals surface area contributed by atoms with Crippen molar-refractivity contribution < 1.29 is 9.53 Å². The molecule has 8 heteroatoms. The molecule has 1 fully saturated rings. The van der Waals surface area contributed by atoms with Crippen molar-refractivity contribution in [2.24, 2.45) is 0 Å². The summed E-state index contributed by atoms with van der Waals surface area (Å²) in [7, 11) is 0. The van der Waals surface area contributed by atoms with E-state index < -0.39 is 0 Å². The Morgan fingerprint density at radius 2 is 1.96 bits per heavy atom. The monoisotopic (exact) mass is 398 g/mol. The second kappa shape index (κ2) is 8.00. The lowest BCUT2D eigenvalue weighted by Crippen LogP contribution is -2.37. The number of rotatable bonds is 4. The minimum absolute atomic E-state index is 0.133. The van der Waals surface area contributed by atoms with E-state index in [2.05, 4.69) is 15.2 Å². The summed E-state index contributed by atoms with van der Waals surface area (Å²) in [5.41, 5.74) is 1.85. The fourth-order valence-electron chi connectivity index (χ4n) is 3.25. The Balaban J connectivity index is 1.56. The van der Waals surface area contributed by atoms with E-state index in [1.807, 2.05) is 12.1 Å². The van der Waals surface area contributed by atoms with Gasteiger partial charge in [0.1, 0.15) is 6.54 Å². The minimum Gasteiger partial charge on any atom is -0.378 e. The van der Waals surface area contributed by atoms with Crippen LogP contribution in [0, 0.1) is 0 Å². The molecule has 1 saturated heterocycles.